The van der Waals surface area contributed by atoms with Crippen molar-refractivity contribution in [3.8, 4) is 0 Å². The summed E-state index contributed by atoms with van der Waals surface area (Å²) in [5.41, 5.74) is 0.976. The molecule has 1 amide bonds. The van der Waals surface area contributed by atoms with Crippen molar-refractivity contribution in [1.82, 2.24) is 30.5 Å². The third-order valence-electron chi connectivity index (χ3n) is 2.86. The lowest BCUT2D eigenvalue weighted by atomic mass is 10.3. The molecule has 0 radical (unpaired) electrons. The van der Waals surface area contributed by atoms with Crippen molar-refractivity contribution in [2.75, 3.05) is 6.54 Å². The second kappa shape index (κ2) is 6.94. The van der Waals surface area contributed by atoms with Gasteiger partial charge in [0.15, 0.2) is 10.9 Å². The van der Waals surface area contributed by atoms with Gasteiger partial charge in [0.25, 0.3) is 5.91 Å². The zero-order valence-electron chi connectivity index (χ0n) is 11.6. The molecule has 0 atom stereocenters. The van der Waals surface area contributed by atoms with E-state index >= 15 is 0 Å². The molecule has 0 aliphatic heterocycles. The van der Waals surface area contributed by atoms with Crippen LogP contribution in [0, 0.1) is 0 Å². The van der Waals surface area contributed by atoms with E-state index in [-0.39, 0.29) is 5.91 Å². The number of nitrogens with zero attached hydrogens (tertiary/aromatic N) is 3. The quantitative estimate of drug-likeness (QED) is 0.567. The number of furan rings is 1. The summed E-state index contributed by atoms with van der Waals surface area (Å²) in [6, 6.07) is 3.45. The van der Waals surface area contributed by atoms with Gasteiger partial charge < -0.3 is 14.7 Å². The number of aromatic amines is 2. The molecule has 3 N–H and O–H groups in total. The van der Waals surface area contributed by atoms with Gasteiger partial charge in [0.1, 0.15) is 12.1 Å². The molecule has 0 unspecified atom stereocenters. The van der Waals surface area contributed by atoms with Gasteiger partial charge in [-0.05, 0) is 12.1 Å². The number of hydrogen-bond donors (Lipinski definition) is 3. The van der Waals surface area contributed by atoms with Gasteiger partial charge >= 0.3 is 0 Å². The van der Waals surface area contributed by atoms with Crippen molar-refractivity contribution in [3.63, 3.8) is 0 Å². The third kappa shape index (κ3) is 3.76. The molecular formula is C13H14N6O2S. The molecule has 3 aromatic rings. The van der Waals surface area contributed by atoms with E-state index in [2.05, 4.69) is 30.5 Å². The number of aromatic nitrogens is 5. The van der Waals surface area contributed by atoms with E-state index in [1.807, 2.05) is 0 Å². The number of rotatable bonds is 7. The van der Waals surface area contributed by atoms with E-state index in [1.165, 1.54) is 18.1 Å². The van der Waals surface area contributed by atoms with Gasteiger partial charge in [0.05, 0.1) is 12.1 Å². The Morgan fingerprint density at radius 2 is 2.36 bits per heavy atom. The first kappa shape index (κ1) is 14.4. The highest BCUT2D eigenvalue weighted by molar-refractivity contribution is 7.98. The molecule has 0 spiro atoms. The Morgan fingerprint density at radius 3 is 3.14 bits per heavy atom. The molecule has 3 aromatic heterocycles. The van der Waals surface area contributed by atoms with E-state index < -0.39 is 0 Å². The molecule has 0 fully saturated rings. The van der Waals surface area contributed by atoms with Crippen molar-refractivity contribution in [1.29, 1.82) is 0 Å². The maximum Gasteiger partial charge on any atom is 0.287 e. The normalized spacial score (nSPS) is 10.7. The highest BCUT2D eigenvalue weighted by Crippen LogP contribution is 2.19. The van der Waals surface area contributed by atoms with Crippen LogP contribution in [0.4, 0.5) is 0 Å². The molecule has 114 valence electrons. The van der Waals surface area contributed by atoms with Crippen molar-refractivity contribution in [2.24, 2.45) is 0 Å². The highest BCUT2D eigenvalue weighted by Gasteiger charge is 2.11. The van der Waals surface area contributed by atoms with Crippen molar-refractivity contribution >= 4 is 17.7 Å². The molecular weight excluding hydrogens is 304 g/mol. The number of carbonyl (C=O) groups is 1. The Labute approximate surface area is 130 Å². The van der Waals surface area contributed by atoms with E-state index in [1.54, 1.807) is 24.7 Å². The summed E-state index contributed by atoms with van der Waals surface area (Å²) in [6.07, 6.45) is 5.49. The van der Waals surface area contributed by atoms with E-state index in [0.717, 1.165) is 5.69 Å². The van der Waals surface area contributed by atoms with Crippen LogP contribution >= 0.6 is 11.8 Å². The monoisotopic (exact) mass is 318 g/mol. The molecule has 0 aromatic carbocycles. The smallest absolute Gasteiger partial charge is 0.287 e. The van der Waals surface area contributed by atoms with Gasteiger partial charge in [-0.25, -0.2) is 9.97 Å². The van der Waals surface area contributed by atoms with Crippen molar-refractivity contribution in [3.05, 3.63) is 48.2 Å². The van der Waals surface area contributed by atoms with Gasteiger partial charge in [-0.3, -0.25) is 9.89 Å². The molecule has 0 aliphatic carbocycles. The predicted octanol–water partition coefficient (Wildman–Crippen LogP) is 1.39. The fourth-order valence-electron chi connectivity index (χ4n) is 1.80. The number of carbonyl (C=O) groups excluding carboxylic acids is 1. The van der Waals surface area contributed by atoms with Gasteiger partial charge in [0, 0.05) is 24.9 Å². The van der Waals surface area contributed by atoms with E-state index in [9.17, 15) is 4.79 Å². The van der Waals surface area contributed by atoms with Crippen LogP contribution in [0.15, 0.2) is 40.6 Å². The van der Waals surface area contributed by atoms with Crippen LogP contribution in [0.2, 0.25) is 0 Å². The number of amides is 1. The van der Waals surface area contributed by atoms with Crippen LogP contribution < -0.4 is 5.32 Å². The fourth-order valence-corrected chi connectivity index (χ4v) is 2.47. The summed E-state index contributed by atoms with van der Waals surface area (Å²) in [7, 11) is 0. The Kier molecular flexibility index (Phi) is 4.54. The maximum absolute atomic E-state index is 12.0. The van der Waals surface area contributed by atoms with Crippen LogP contribution in [0.25, 0.3) is 0 Å². The highest BCUT2D eigenvalue weighted by atomic mass is 32.2. The second-order valence-electron chi connectivity index (χ2n) is 4.43. The Balaban J connectivity index is 1.46. The molecule has 0 saturated carbocycles. The largest absolute Gasteiger partial charge is 0.455 e. The van der Waals surface area contributed by atoms with Gasteiger partial charge in [-0.2, -0.15) is 5.10 Å². The fraction of sp³-hybridized carbons (Fsp3) is 0.231. The maximum atomic E-state index is 12.0. The molecule has 3 heterocycles. The van der Waals surface area contributed by atoms with Crippen molar-refractivity contribution < 1.29 is 9.21 Å². The van der Waals surface area contributed by atoms with Crippen LogP contribution in [-0.2, 0) is 12.2 Å². The first-order valence-corrected chi connectivity index (χ1v) is 7.62. The minimum Gasteiger partial charge on any atom is -0.455 e. The van der Waals surface area contributed by atoms with Crippen LogP contribution in [-0.4, -0.2) is 37.6 Å². The van der Waals surface area contributed by atoms with Crippen LogP contribution in [0.1, 0.15) is 22.0 Å². The summed E-state index contributed by atoms with van der Waals surface area (Å²) in [4.78, 5) is 22.9. The zero-order valence-corrected chi connectivity index (χ0v) is 12.4. The van der Waals surface area contributed by atoms with E-state index in [4.69, 9.17) is 4.42 Å². The standard InChI is InChI=1S/C13H14N6O2S/c20-12(15-4-3-9-5-14-7-16-9)11-2-1-10(21-11)6-22-13-17-8-18-19-13/h1-2,5,7-8H,3-4,6H2,(H,14,16)(H,15,20)(H,17,18,19). The van der Waals surface area contributed by atoms with E-state index in [0.29, 0.717) is 35.4 Å². The first-order chi connectivity index (χ1) is 10.8. The molecule has 3 rings (SSSR count). The summed E-state index contributed by atoms with van der Waals surface area (Å²) in [5, 5.41) is 10.0. The number of nitrogens with one attached hydrogen (secondary N) is 3. The Morgan fingerprint density at radius 1 is 1.41 bits per heavy atom. The minimum absolute atomic E-state index is 0.226. The minimum atomic E-state index is -0.226. The number of imidazole rings is 1. The van der Waals surface area contributed by atoms with Crippen LogP contribution in [0.5, 0.6) is 0 Å². The Hall–Kier alpha value is -2.55. The number of thioether (sulfide) groups is 1. The summed E-state index contributed by atoms with van der Waals surface area (Å²) >= 11 is 1.46. The summed E-state index contributed by atoms with van der Waals surface area (Å²) in [5.74, 6) is 1.37. The molecule has 0 aliphatic rings. The number of H-pyrrole nitrogens is 2. The SMILES string of the molecule is O=C(NCCc1cnc[nH]1)c1ccc(CSc2ncn[nH]2)o1. The van der Waals surface area contributed by atoms with Crippen LogP contribution in [0.3, 0.4) is 0 Å². The summed E-state index contributed by atoms with van der Waals surface area (Å²) < 4.78 is 5.52. The third-order valence-corrected chi connectivity index (χ3v) is 3.76. The van der Waals surface area contributed by atoms with Crippen molar-refractivity contribution in [2.45, 2.75) is 17.3 Å². The Bertz CT molecular complexity index is 707. The average Bonchev–Trinajstić information content (AvgIpc) is 3.27. The van der Waals surface area contributed by atoms with Gasteiger partial charge in [0.2, 0.25) is 0 Å². The van der Waals surface area contributed by atoms with Gasteiger partial charge in [-0.1, -0.05) is 11.8 Å². The molecule has 8 nitrogen and oxygen atoms in total. The second-order valence-corrected chi connectivity index (χ2v) is 5.39. The molecule has 22 heavy (non-hydrogen) atoms. The molecule has 9 heteroatoms. The summed E-state index contributed by atoms with van der Waals surface area (Å²) in [6.45, 7) is 0.518. The molecule has 0 saturated heterocycles. The lowest BCUT2D eigenvalue weighted by Gasteiger charge is -2.01. The predicted molar refractivity (Wildman–Crippen MR) is 79.3 cm³/mol. The number of hydrogen-bond acceptors (Lipinski definition) is 6. The molecule has 0 bridgehead atoms. The topological polar surface area (TPSA) is 112 Å². The lowest BCUT2D eigenvalue weighted by Crippen LogP contribution is -2.25. The van der Waals surface area contributed by atoms with Gasteiger partial charge in [-0.15, -0.1) is 0 Å². The average molecular weight is 318 g/mol. The zero-order chi connectivity index (χ0) is 15.2. The lowest BCUT2D eigenvalue weighted by molar-refractivity contribution is 0.0925. The first-order valence-electron chi connectivity index (χ1n) is 6.63.